The number of thiazole rings is 2. The molecule has 48 heavy (non-hydrogen) atoms. The number of hydrogen-bond donors (Lipinski definition) is 0. The molecule has 4 aromatic heterocycles. The second kappa shape index (κ2) is 21.4. The molecule has 5 aromatic rings. The van der Waals surface area contributed by atoms with Crippen molar-refractivity contribution in [1.82, 2.24) is 9.97 Å². The summed E-state index contributed by atoms with van der Waals surface area (Å²) in [6.45, 7) is 4.60. The second-order valence-corrected chi connectivity index (χ2v) is 21.5. The maximum atomic E-state index is 5.21. The van der Waals surface area contributed by atoms with Gasteiger partial charge in [0, 0.05) is 0 Å². The number of rotatable bonds is 24. The summed E-state index contributed by atoms with van der Waals surface area (Å²) < 4.78 is 5.26. The van der Waals surface area contributed by atoms with E-state index in [1.165, 1.54) is 187 Å². The van der Waals surface area contributed by atoms with Crippen molar-refractivity contribution in [3.63, 3.8) is 0 Å². The second-order valence-electron chi connectivity index (χ2n) is 13.5. The third kappa shape index (κ3) is 12.0. The molecule has 0 aliphatic rings. The van der Waals surface area contributed by atoms with Crippen LogP contribution in [0.1, 0.15) is 153 Å². The van der Waals surface area contributed by atoms with Gasteiger partial charge in [0.1, 0.15) is 10.0 Å². The number of nitrogens with zero attached hydrogens (tertiary/aromatic N) is 2. The van der Waals surface area contributed by atoms with E-state index in [-0.39, 0.29) is 0 Å². The highest BCUT2D eigenvalue weighted by atomic mass is 127. The lowest BCUT2D eigenvalue weighted by atomic mass is 10.0. The Morgan fingerprint density at radius 3 is 1.12 bits per heavy atom. The zero-order valence-electron chi connectivity index (χ0n) is 29.1. The molecule has 0 saturated heterocycles. The van der Waals surface area contributed by atoms with E-state index in [0.29, 0.717) is 0 Å². The Morgan fingerprint density at radius 2 is 0.771 bits per heavy atom. The van der Waals surface area contributed by atoms with Gasteiger partial charge in [-0.25, -0.2) is 9.97 Å². The van der Waals surface area contributed by atoms with E-state index in [2.05, 4.69) is 83.3 Å². The lowest BCUT2D eigenvalue weighted by molar-refractivity contribution is 0.556. The van der Waals surface area contributed by atoms with Crippen molar-refractivity contribution >= 4 is 111 Å². The Morgan fingerprint density at radius 1 is 0.438 bits per heavy atom. The molecule has 5 rings (SSSR count). The summed E-state index contributed by atoms with van der Waals surface area (Å²) in [6.07, 6.45) is 30.0. The smallest absolute Gasteiger partial charge is 0.134 e. The summed E-state index contributed by atoms with van der Waals surface area (Å²) in [5, 5.41) is 2.37. The van der Waals surface area contributed by atoms with Crippen LogP contribution in [-0.2, 0) is 12.8 Å². The third-order valence-electron chi connectivity index (χ3n) is 9.44. The first-order chi connectivity index (χ1) is 23.6. The van der Waals surface area contributed by atoms with E-state index in [4.69, 9.17) is 9.97 Å². The minimum absolute atomic E-state index is 1.12. The van der Waals surface area contributed by atoms with Gasteiger partial charge in [-0.05, 0) is 106 Å². The van der Waals surface area contributed by atoms with Crippen LogP contribution in [0.15, 0.2) is 24.3 Å². The molecule has 0 unspecified atom stereocenters. The average molecular weight is 945 g/mol. The molecule has 0 atom stereocenters. The quantitative estimate of drug-likeness (QED) is 0.0455. The first-order valence-electron chi connectivity index (χ1n) is 18.8. The number of thiophene rings is 2. The maximum absolute atomic E-state index is 5.21. The first kappa shape index (κ1) is 39.1. The summed E-state index contributed by atoms with van der Waals surface area (Å²) in [4.78, 5) is 13.2. The van der Waals surface area contributed by atoms with Gasteiger partial charge in [0.15, 0.2) is 0 Å². The molecule has 0 radical (unpaired) electrons. The number of unbranched alkanes of at least 4 members (excludes halogenated alkanes) is 18. The Balaban J connectivity index is 1.15. The molecule has 0 N–H and O–H groups in total. The molecule has 0 bridgehead atoms. The molecular weight excluding hydrogens is 891 g/mol. The summed E-state index contributed by atoms with van der Waals surface area (Å²) in [7, 11) is 0. The van der Waals surface area contributed by atoms with Crippen molar-refractivity contribution in [2.45, 2.75) is 155 Å². The first-order valence-corrected chi connectivity index (χ1v) is 24.3. The Kier molecular flexibility index (Phi) is 17.4. The van der Waals surface area contributed by atoms with E-state index < -0.39 is 0 Å². The van der Waals surface area contributed by atoms with E-state index >= 15 is 0 Å². The normalized spacial score (nSPS) is 11.9. The number of benzene rings is 1. The van der Waals surface area contributed by atoms with Crippen LogP contribution >= 0.6 is 90.5 Å². The third-order valence-corrected chi connectivity index (χ3v) is 15.7. The molecule has 8 heteroatoms. The molecule has 0 aliphatic heterocycles. The molecule has 2 nitrogen and oxygen atoms in total. The lowest BCUT2D eigenvalue weighted by Crippen LogP contribution is -1.87. The van der Waals surface area contributed by atoms with Gasteiger partial charge >= 0.3 is 0 Å². The van der Waals surface area contributed by atoms with Crippen molar-refractivity contribution in [2.75, 3.05) is 0 Å². The van der Waals surface area contributed by atoms with Crippen LogP contribution in [0, 0.1) is 5.77 Å². The molecule has 1 aromatic carbocycles. The minimum atomic E-state index is 1.12. The van der Waals surface area contributed by atoms with E-state index in [1.807, 2.05) is 45.3 Å². The Labute approximate surface area is 333 Å². The fourth-order valence-electron chi connectivity index (χ4n) is 6.67. The molecule has 0 fully saturated rings. The van der Waals surface area contributed by atoms with Gasteiger partial charge in [-0.2, -0.15) is 0 Å². The van der Waals surface area contributed by atoms with Crippen molar-refractivity contribution < 1.29 is 0 Å². The van der Waals surface area contributed by atoms with Gasteiger partial charge in [0.25, 0.3) is 0 Å². The van der Waals surface area contributed by atoms with Crippen LogP contribution in [0.3, 0.4) is 0 Å². The van der Waals surface area contributed by atoms with E-state index in [1.54, 1.807) is 0 Å². The van der Waals surface area contributed by atoms with Crippen molar-refractivity contribution in [1.29, 1.82) is 0 Å². The molecular formula is C40H54I2N2S4. The number of hydrogen-bond acceptors (Lipinski definition) is 6. The van der Waals surface area contributed by atoms with Crippen LogP contribution in [0.2, 0.25) is 0 Å². The number of fused-ring (bicyclic) bond motifs is 2. The van der Waals surface area contributed by atoms with Crippen molar-refractivity contribution in [3.05, 3.63) is 41.2 Å². The van der Waals surface area contributed by atoms with Crippen LogP contribution < -0.4 is 0 Å². The fourth-order valence-corrected chi connectivity index (χ4v) is 12.8. The van der Waals surface area contributed by atoms with Crippen LogP contribution in [0.25, 0.3) is 40.2 Å². The van der Waals surface area contributed by atoms with Crippen LogP contribution in [0.4, 0.5) is 0 Å². The highest BCUT2D eigenvalue weighted by molar-refractivity contribution is 14.1. The van der Waals surface area contributed by atoms with Gasteiger partial charge < -0.3 is 0 Å². The van der Waals surface area contributed by atoms with E-state index in [0.717, 1.165) is 11.0 Å². The standard InChI is InChI=1S/C40H54I2N2S4/c1-3-5-7-9-11-13-15-17-19-21-23-29-25-35(41)47-37(29)39-43-31-27-34-32(28-33(31)45-39)44-40(46-34)38-30(26-36(42)48-38)24-22-20-18-16-14-12-10-8-6-4-2/h25-28H,3-24H2,1-2H3. The average Bonchev–Trinajstić information content (AvgIpc) is 3.86. The lowest BCUT2D eigenvalue weighted by Gasteiger charge is -2.03. The van der Waals surface area contributed by atoms with Crippen LogP contribution in [-0.4, -0.2) is 9.97 Å². The molecule has 0 amide bonds. The summed E-state index contributed by atoms with van der Waals surface area (Å²) in [5.41, 5.74) is 5.23. The molecule has 4 heterocycles. The fraction of sp³-hybridized carbons (Fsp3) is 0.600. The van der Waals surface area contributed by atoms with E-state index in [9.17, 15) is 0 Å². The van der Waals surface area contributed by atoms with Gasteiger partial charge in [-0.15, -0.1) is 45.3 Å². The van der Waals surface area contributed by atoms with Crippen molar-refractivity contribution in [3.8, 4) is 19.8 Å². The van der Waals surface area contributed by atoms with Crippen LogP contribution in [0.5, 0.6) is 0 Å². The zero-order chi connectivity index (χ0) is 33.6. The SMILES string of the molecule is CCCCCCCCCCCCc1cc(I)sc1-c1nc2cc3sc(-c4sc(I)cc4CCCCCCCCCCCC)nc3cc2s1. The predicted octanol–water partition coefficient (Wildman–Crippen LogP) is 16.5. The Hall–Kier alpha value is -0.140. The maximum Gasteiger partial charge on any atom is 0.134 e. The molecule has 0 saturated carbocycles. The number of halogens is 2. The monoisotopic (exact) mass is 944 g/mol. The molecule has 0 aliphatic carbocycles. The van der Waals surface area contributed by atoms with Crippen molar-refractivity contribution in [2.24, 2.45) is 0 Å². The van der Waals surface area contributed by atoms with Gasteiger partial charge in [0.05, 0.1) is 36.0 Å². The minimum Gasteiger partial charge on any atom is -0.235 e. The zero-order valence-corrected chi connectivity index (χ0v) is 36.7. The van der Waals surface area contributed by atoms with Gasteiger partial charge in [-0.1, -0.05) is 129 Å². The predicted molar refractivity (Wildman–Crippen MR) is 236 cm³/mol. The summed E-state index contributed by atoms with van der Waals surface area (Å²) in [5.74, 6) is 0. The number of aromatic nitrogens is 2. The summed E-state index contributed by atoms with van der Waals surface area (Å²) >= 11 is 12.5. The molecule has 0 spiro atoms. The Bertz CT molecular complexity index is 1490. The highest BCUT2D eigenvalue weighted by Gasteiger charge is 2.18. The summed E-state index contributed by atoms with van der Waals surface area (Å²) in [6, 6.07) is 9.41. The number of aryl methyl sites for hydroxylation is 2. The highest BCUT2D eigenvalue weighted by Crippen LogP contribution is 2.43. The largest absolute Gasteiger partial charge is 0.235 e. The van der Waals surface area contributed by atoms with Gasteiger partial charge in [0.2, 0.25) is 0 Å². The topological polar surface area (TPSA) is 25.8 Å². The van der Waals surface area contributed by atoms with Gasteiger partial charge in [-0.3, -0.25) is 0 Å². The molecule has 262 valence electrons.